The molecule has 6 nitrogen and oxygen atoms in total. The molecule has 124 valence electrons. The molecule has 0 spiro atoms. The summed E-state index contributed by atoms with van der Waals surface area (Å²) in [6.07, 6.45) is 2.68. The summed E-state index contributed by atoms with van der Waals surface area (Å²) in [5, 5.41) is 6.30. The maximum Gasteiger partial charge on any atom is 0.229 e. The van der Waals surface area contributed by atoms with Crippen LogP contribution in [0.1, 0.15) is 0 Å². The molecule has 3 aromatic rings. The number of rotatable bonds is 5. The molecular formula is C15H13ClN4O2S2. The smallest absolute Gasteiger partial charge is 0.229 e. The van der Waals surface area contributed by atoms with Crippen molar-refractivity contribution < 1.29 is 8.42 Å². The summed E-state index contributed by atoms with van der Waals surface area (Å²) in [6.45, 7) is 0. The Labute approximate surface area is 148 Å². The predicted octanol–water partition coefficient (Wildman–Crippen LogP) is 3.97. The van der Waals surface area contributed by atoms with Crippen LogP contribution in [-0.2, 0) is 10.0 Å². The van der Waals surface area contributed by atoms with Gasteiger partial charge in [-0.25, -0.2) is 18.4 Å². The monoisotopic (exact) mass is 380 g/mol. The molecule has 0 saturated heterocycles. The third-order valence-electron chi connectivity index (χ3n) is 2.95. The second-order valence-corrected chi connectivity index (χ2v) is 8.02. The van der Waals surface area contributed by atoms with Gasteiger partial charge < -0.3 is 5.32 Å². The molecule has 0 saturated carbocycles. The van der Waals surface area contributed by atoms with Gasteiger partial charge in [-0.05, 0) is 24.3 Å². The summed E-state index contributed by atoms with van der Waals surface area (Å²) in [7, 11) is -3.28. The number of halogens is 1. The summed E-state index contributed by atoms with van der Waals surface area (Å²) in [5.41, 5.74) is 2.20. The summed E-state index contributed by atoms with van der Waals surface area (Å²) in [4.78, 5) is 8.66. The molecule has 3 rings (SSSR count). The Morgan fingerprint density at radius 3 is 2.50 bits per heavy atom. The highest BCUT2D eigenvalue weighted by Gasteiger charge is 2.07. The molecule has 0 bridgehead atoms. The van der Waals surface area contributed by atoms with Crippen LogP contribution in [0.25, 0.3) is 11.3 Å². The second kappa shape index (κ2) is 6.76. The molecule has 0 fully saturated rings. The number of anilines is 3. The molecule has 2 heterocycles. The van der Waals surface area contributed by atoms with Crippen LogP contribution in [0.4, 0.5) is 16.6 Å². The van der Waals surface area contributed by atoms with Crippen LogP contribution >= 0.6 is 22.9 Å². The molecule has 1 aromatic carbocycles. The molecular weight excluding hydrogens is 368 g/mol. The van der Waals surface area contributed by atoms with E-state index in [4.69, 9.17) is 11.6 Å². The predicted molar refractivity (Wildman–Crippen MR) is 98.5 cm³/mol. The van der Waals surface area contributed by atoms with Crippen molar-refractivity contribution >= 4 is 49.6 Å². The van der Waals surface area contributed by atoms with Gasteiger partial charge in [-0.1, -0.05) is 23.7 Å². The number of pyridine rings is 1. The zero-order valence-corrected chi connectivity index (χ0v) is 14.9. The quantitative estimate of drug-likeness (QED) is 0.699. The summed E-state index contributed by atoms with van der Waals surface area (Å²) < 4.78 is 24.8. The zero-order chi connectivity index (χ0) is 17.2. The first-order valence-corrected chi connectivity index (χ1v) is 9.96. The van der Waals surface area contributed by atoms with E-state index in [0.717, 1.165) is 17.5 Å². The van der Waals surface area contributed by atoms with Crippen molar-refractivity contribution in [3.63, 3.8) is 0 Å². The number of sulfonamides is 1. The minimum atomic E-state index is -3.28. The fraction of sp³-hybridized carbons (Fsp3) is 0.0667. The number of nitrogens with one attached hydrogen (secondary N) is 2. The van der Waals surface area contributed by atoms with E-state index in [-0.39, 0.29) is 0 Å². The van der Waals surface area contributed by atoms with E-state index >= 15 is 0 Å². The molecule has 2 aromatic heterocycles. The van der Waals surface area contributed by atoms with Gasteiger partial charge in [0.2, 0.25) is 10.0 Å². The number of hydrogen-bond donors (Lipinski definition) is 2. The minimum Gasteiger partial charge on any atom is -0.316 e. The lowest BCUT2D eigenvalue weighted by Gasteiger charge is -2.04. The Hall–Kier alpha value is -2.16. The number of thiazole rings is 1. The lowest BCUT2D eigenvalue weighted by Crippen LogP contribution is -2.09. The van der Waals surface area contributed by atoms with E-state index in [1.807, 2.05) is 17.5 Å². The maximum atomic E-state index is 11.2. The van der Waals surface area contributed by atoms with Crippen molar-refractivity contribution in [3.05, 3.63) is 53.0 Å². The van der Waals surface area contributed by atoms with Crippen LogP contribution in [0, 0.1) is 0 Å². The van der Waals surface area contributed by atoms with Crippen LogP contribution in [0.5, 0.6) is 0 Å². The van der Waals surface area contributed by atoms with Crippen molar-refractivity contribution in [2.45, 2.75) is 0 Å². The average Bonchev–Trinajstić information content (AvgIpc) is 2.97. The van der Waals surface area contributed by atoms with Crippen molar-refractivity contribution in [2.24, 2.45) is 0 Å². The van der Waals surface area contributed by atoms with Crippen molar-refractivity contribution in [2.75, 3.05) is 16.3 Å². The highest BCUT2D eigenvalue weighted by Crippen LogP contribution is 2.27. The van der Waals surface area contributed by atoms with E-state index in [9.17, 15) is 8.42 Å². The lowest BCUT2D eigenvalue weighted by molar-refractivity contribution is 0.607. The normalized spacial score (nSPS) is 11.2. The first-order chi connectivity index (χ1) is 11.4. The van der Waals surface area contributed by atoms with Crippen molar-refractivity contribution in [3.8, 4) is 11.3 Å². The molecule has 0 aliphatic heterocycles. The maximum absolute atomic E-state index is 11.2. The first-order valence-electron chi connectivity index (χ1n) is 6.81. The largest absolute Gasteiger partial charge is 0.316 e. The van der Waals surface area contributed by atoms with Gasteiger partial charge in [0, 0.05) is 22.8 Å². The molecule has 24 heavy (non-hydrogen) atoms. The number of benzene rings is 1. The van der Waals surface area contributed by atoms with Gasteiger partial charge in [-0.15, -0.1) is 11.3 Å². The van der Waals surface area contributed by atoms with Gasteiger partial charge in [-0.2, -0.15) is 0 Å². The minimum absolute atomic E-state index is 0.514. The summed E-state index contributed by atoms with van der Waals surface area (Å²) >= 11 is 7.26. The molecule has 2 N–H and O–H groups in total. The first kappa shape index (κ1) is 16.7. The number of hydrogen-bond acceptors (Lipinski definition) is 6. The van der Waals surface area contributed by atoms with E-state index in [2.05, 4.69) is 20.0 Å². The SMILES string of the molecule is CS(=O)(=O)Nc1ccc(-c2csc(Nc3ccc(Cl)cn3)n2)cc1. The fourth-order valence-corrected chi connectivity index (χ4v) is 3.35. The Bertz CT molecular complexity index is 938. The Morgan fingerprint density at radius 1 is 1.12 bits per heavy atom. The third-order valence-corrected chi connectivity index (χ3v) is 4.54. The van der Waals surface area contributed by atoms with Crippen LogP contribution in [0.2, 0.25) is 5.02 Å². The zero-order valence-electron chi connectivity index (χ0n) is 12.5. The summed E-state index contributed by atoms with van der Waals surface area (Å²) in [5.74, 6) is 0.660. The Balaban J connectivity index is 1.74. The molecule has 0 atom stereocenters. The van der Waals surface area contributed by atoms with E-state index in [1.54, 1.807) is 30.5 Å². The third kappa shape index (κ3) is 4.44. The number of aromatic nitrogens is 2. The molecule has 0 aliphatic rings. The Morgan fingerprint density at radius 2 is 1.88 bits per heavy atom. The second-order valence-electron chi connectivity index (χ2n) is 4.98. The fourth-order valence-electron chi connectivity index (χ4n) is 1.95. The summed E-state index contributed by atoms with van der Waals surface area (Å²) in [6, 6.07) is 10.5. The van der Waals surface area contributed by atoms with Crippen LogP contribution in [0.15, 0.2) is 48.0 Å². The highest BCUT2D eigenvalue weighted by molar-refractivity contribution is 7.92. The van der Waals surface area contributed by atoms with Gasteiger partial charge in [0.05, 0.1) is 17.0 Å². The van der Waals surface area contributed by atoms with Gasteiger partial charge in [-0.3, -0.25) is 4.72 Å². The van der Waals surface area contributed by atoms with Crippen LogP contribution in [0.3, 0.4) is 0 Å². The van der Waals surface area contributed by atoms with Crippen molar-refractivity contribution in [1.82, 2.24) is 9.97 Å². The van der Waals surface area contributed by atoms with E-state index in [1.165, 1.54) is 11.3 Å². The highest BCUT2D eigenvalue weighted by atomic mass is 35.5. The molecule has 0 radical (unpaired) electrons. The number of nitrogens with zero attached hydrogens (tertiary/aromatic N) is 2. The van der Waals surface area contributed by atoms with Gasteiger partial charge in [0.1, 0.15) is 5.82 Å². The van der Waals surface area contributed by atoms with E-state index in [0.29, 0.717) is 21.7 Å². The molecule has 9 heteroatoms. The molecule has 0 unspecified atom stereocenters. The van der Waals surface area contributed by atoms with Gasteiger partial charge >= 0.3 is 0 Å². The van der Waals surface area contributed by atoms with Gasteiger partial charge in [0.25, 0.3) is 0 Å². The Kier molecular flexibility index (Phi) is 4.70. The molecule has 0 aliphatic carbocycles. The van der Waals surface area contributed by atoms with Crippen molar-refractivity contribution in [1.29, 1.82) is 0 Å². The standard InChI is InChI=1S/C15H13ClN4O2S2/c1-24(21,22)20-12-5-2-10(3-6-12)13-9-23-15(18-13)19-14-7-4-11(16)8-17-14/h2-9,20H,1H3,(H,17,18,19). The average molecular weight is 381 g/mol. The lowest BCUT2D eigenvalue weighted by atomic mass is 10.1. The molecule has 0 amide bonds. The van der Waals surface area contributed by atoms with Gasteiger partial charge in [0.15, 0.2) is 5.13 Å². The van der Waals surface area contributed by atoms with Crippen LogP contribution in [-0.4, -0.2) is 24.6 Å². The topological polar surface area (TPSA) is 84.0 Å². The van der Waals surface area contributed by atoms with Crippen LogP contribution < -0.4 is 10.0 Å². The van der Waals surface area contributed by atoms with E-state index < -0.39 is 10.0 Å².